The second-order valence-electron chi connectivity index (χ2n) is 5.13. The number of hydrogen-bond donors (Lipinski definition) is 2. The number of anilines is 1. The van der Waals surface area contributed by atoms with E-state index in [1.807, 2.05) is 6.07 Å². The molecule has 0 unspecified atom stereocenters. The molecule has 3 N–H and O–H groups in total. The van der Waals surface area contributed by atoms with Crippen LogP contribution in [-0.4, -0.2) is 34.4 Å². The molecule has 0 bridgehead atoms. The highest BCUT2D eigenvalue weighted by molar-refractivity contribution is 5.64. The standard InChI is InChI=1S/C14H24N2O3/c1-14(2,8-15)9-16-10-6-12(18-4)13(19-5)7-11(10)17-3/h6-7,16H,8-9,15H2,1-5H3. The van der Waals surface area contributed by atoms with Crippen LogP contribution in [0.1, 0.15) is 13.8 Å². The number of rotatable bonds is 7. The van der Waals surface area contributed by atoms with E-state index in [0.717, 1.165) is 12.2 Å². The summed E-state index contributed by atoms with van der Waals surface area (Å²) in [6.07, 6.45) is 0. The molecule has 5 nitrogen and oxygen atoms in total. The average Bonchev–Trinajstić information content (AvgIpc) is 2.44. The van der Waals surface area contributed by atoms with Crippen LogP contribution in [0.15, 0.2) is 12.1 Å². The average molecular weight is 268 g/mol. The third-order valence-electron chi connectivity index (χ3n) is 3.02. The monoisotopic (exact) mass is 268 g/mol. The quantitative estimate of drug-likeness (QED) is 0.793. The largest absolute Gasteiger partial charge is 0.494 e. The highest BCUT2D eigenvalue weighted by Gasteiger charge is 2.17. The zero-order valence-corrected chi connectivity index (χ0v) is 12.4. The van der Waals surface area contributed by atoms with Crippen molar-refractivity contribution in [2.75, 3.05) is 39.7 Å². The SMILES string of the molecule is COc1cc(OC)c(OC)cc1NCC(C)(C)CN. The summed E-state index contributed by atoms with van der Waals surface area (Å²) in [5, 5.41) is 3.34. The van der Waals surface area contributed by atoms with E-state index in [9.17, 15) is 0 Å². The van der Waals surface area contributed by atoms with Crippen LogP contribution in [0.25, 0.3) is 0 Å². The van der Waals surface area contributed by atoms with Gasteiger partial charge in [-0.15, -0.1) is 0 Å². The highest BCUT2D eigenvalue weighted by Crippen LogP contribution is 2.38. The third-order valence-corrected chi connectivity index (χ3v) is 3.02. The van der Waals surface area contributed by atoms with Crippen LogP contribution >= 0.6 is 0 Å². The number of nitrogens with one attached hydrogen (secondary N) is 1. The van der Waals surface area contributed by atoms with E-state index in [2.05, 4.69) is 19.2 Å². The summed E-state index contributed by atoms with van der Waals surface area (Å²) in [7, 11) is 4.83. The summed E-state index contributed by atoms with van der Waals surface area (Å²) in [5.74, 6) is 2.02. The number of ether oxygens (including phenoxy) is 3. The van der Waals surface area contributed by atoms with Crippen LogP contribution in [-0.2, 0) is 0 Å². The molecule has 108 valence electrons. The Kier molecular flexibility index (Phi) is 5.30. The maximum atomic E-state index is 5.73. The number of methoxy groups -OCH3 is 3. The summed E-state index contributed by atoms with van der Waals surface area (Å²) in [6.45, 7) is 5.56. The van der Waals surface area contributed by atoms with Gasteiger partial charge in [0.25, 0.3) is 0 Å². The van der Waals surface area contributed by atoms with Crippen molar-refractivity contribution >= 4 is 5.69 Å². The Morgan fingerprint density at radius 2 is 1.53 bits per heavy atom. The molecule has 1 rings (SSSR count). The lowest BCUT2D eigenvalue weighted by Crippen LogP contribution is -2.31. The van der Waals surface area contributed by atoms with Crippen LogP contribution in [0.4, 0.5) is 5.69 Å². The van der Waals surface area contributed by atoms with E-state index in [4.69, 9.17) is 19.9 Å². The number of hydrogen-bond acceptors (Lipinski definition) is 5. The third kappa shape index (κ3) is 3.92. The van der Waals surface area contributed by atoms with E-state index >= 15 is 0 Å². The van der Waals surface area contributed by atoms with Crippen LogP contribution < -0.4 is 25.3 Å². The minimum absolute atomic E-state index is 0.0121. The van der Waals surface area contributed by atoms with Crippen molar-refractivity contribution in [1.82, 2.24) is 0 Å². The van der Waals surface area contributed by atoms with Crippen molar-refractivity contribution in [3.63, 3.8) is 0 Å². The Morgan fingerprint density at radius 1 is 1.00 bits per heavy atom. The molecule has 0 aliphatic rings. The first kappa shape index (κ1) is 15.4. The molecule has 1 aromatic carbocycles. The summed E-state index contributed by atoms with van der Waals surface area (Å²) < 4.78 is 15.9. The molecule has 0 atom stereocenters. The Labute approximate surface area is 115 Å². The Hall–Kier alpha value is -1.62. The Balaban J connectivity index is 2.99. The molecular weight excluding hydrogens is 244 g/mol. The van der Waals surface area contributed by atoms with Gasteiger partial charge in [-0.3, -0.25) is 0 Å². The van der Waals surface area contributed by atoms with E-state index in [1.54, 1.807) is 27.4 Å². The lowest BCUT2D eigenvalue weighted by Gasteiger charge is -2.24. The van der Waals surface area contributed by atoms with Gasteiger partial charge in [0, 0.05) is 18.7 Å². The van der Waals surface area contributed by atoms with Gasteiger partial charge >= 0.3 is 0 Å². The van der Waals surface area contributed by atoms with E-state index < -0.39 is 0 Å². The predicted molar refractivity (Wildman–Crippen MR) is 77.4 cm³/mol. The molecule has 5 heteroatoms. The maximum Gasteiger partial charge on any atom is 0.164 e. The molecular formula is C14H24N2O3. The van der Waals surface area contributed by atoms with Gasteiger partial charge in [-0.05, 0) is 12.0 Å². The zero-order chi connectivity index (χ0) is 14.5. The maximum absolute atomic E-state index is 5.73. The van der Waals surface area contributed by atoms with Gasteiger partial charge in [-0.25, -0.2) is 0 Å². The molecule has 0 spiro atoms. The summed E-state index contributed by atoms with van der Waals surface area (Å²) in [6, 6.07) is 3.67. The summed E-state index contributed by atoms with van der Waals surface area (Å²) in [5.41, 5.74) is 6.60. The van der Waals surface area contributed by atoms with E-state index in [1.165, 1.54) is 0 Å². The second-order valence-corrected chi connectivity index (χ2v) is 5.13. The van der Waals surface area contributed by atoms with Crippen LogP contribution in [0.3, 0.4) is 0 Å². The normalized spacial score (nSPS) is 11.1. The number of benzene rings is 1. The van der Waals surface area contributed by atoms with Gasteiger partial charge < -0.3 is 25.3 Å². The molecule has 0 aliphatic carbocycles. The molecule has 1 aromatic rings. The van der Waals surface area contributed by atoms with Gasteiger partial charge in [0.2, 0.25) is 0 Å². The zero-order valence-electron chi connectivity index (χ0n) is 12.4. The highest BCUT2D eigenvalue weighted by atomic mass is 16.5. The summed E-state index contributed by atoms with van der Waals surface area (Å²) >= 11 is 0. The van der Waals surface area contributed by atoms with Gasteiger partial charge in [-0.1, -0.05) is 13.8 Å². The molecule has 0 amide bonds. The fourth-order valence-electron chi connectivity index (χ4n) is 1.57. The van der Waals surface area contributed by atoms with Crippen molar-refractivity contribution in [2.45, 2.75) is 13.8 Å². The van der Waals surface area contributed by atoms with Crippen molar-refractivity contribution in [2.24, 2.45) is 11.1 Å². The first-order valence-corrected chi connectivity index (χ1v) is 6.21. The first-order valence-electron chi connectivity index (χ1n) is 6.21. The minimum atomic E-state index is 0.0121. The van der Waals surface area contributed by atoms with Gasteiger partial charge in [0.1, 0.15) is 5.75 Å². The van der Waals surface area contributed by atoms with Gasteiger partial charge in [-0.2, -0.15) is 0 Å². The van der Waals surface area contributed by atoms with Crippen molar-refractivity contribution < 1.29 is 14.2 Å². The molecule has 0 heterocycles. The van der Waals surface area contributed by atoms with Crippen LogP contribution in [0.5, 0.6) is 17.2 Å². The van der Waals surface area contributed by atoms with Crippen LogP contribution in [0.2, 0.25) is 0 Å². The Morgan fingerprint density at radius 3 is 2.00 bits per heavy atom. The second kappa shape index (κ2) is 6.52. The molecule has 0 fully saturated rings. The lowest BCUT2D eigenvalue weighted by atomic mass is 9.94. The molecule has 19 heavy (non-hydrogen) atoms. The lowest BCUT2D eigenvalue weighted by molar-refractivity contribution is 0.349. The first-order chi connectivity index (χ1) is 8.97. The molecule has 0 aromatic heterocycles. The molecule has 0 saturated carbocycles. The molecule has 0 radical (unpaired) electrons. The van der Waals surface area contributed by atoms with Crippen molar-refractivity contribution in [1.29, 1.82) is 0 Å². The smallest absolute Gasteiger partial charge is 0.164 e. The van der Waals surface area contributed by atoms with Crippen LogP contribution in [0, 0.1) is 5.41 Å². The van der Waals surface area contributed by atoms with Gasteiger partial charge in [0.15, 0.2) is 11.5 Å². The van der Waals surface area contributed by atoms with Crippen molar-refractivity contribution in [3.8, 4) is 17.2 Å². The Bertz CT molecular complexity index is 419. The molecule has 0 saturated heterocycles. The predicted octanol–water partition coefficient (Wildman–Crippen LogP) is 2.11. The fourth-order valence-corrected chi connectivity index (χ4v) is 1.57. The van der Waals surface area contributed by atoms with E-state index in [-0.39, 0.29) is 5.41 Å². The van der Waals surface area contributed by atoms with Gasteiger partial charge in [0.05, 0.1) is 27.0 Å². The summed E-state index contributed by atoms with van der Waals surface area (Å²) in [4.78, 5) is 0. The fraction of sp³-hybridized carbons (Fsp3) is 0.571. The topological polar surface area (TPSA) is 65.7 Å². The van der Waals surface area contributed by atoms with Crippen molar-refractivity contribution in [3.05, 3.63) is 12.1 Å². The minimum Gasteiger partial charge on any atom is -0.494 e. The molecule has 0 aliphatic heterocycles. The van der Waals surface area contributed by atoms with E-state index in [0.29, 0.717) is 23.8 Å². The number of nitrogens with two attached hydrogens (primary N) is 1.